The van der Waals surface area contributed by atoms with Crippen molar-refractivity contribution in [3.05, 3.63) is 65.6 Å². The van der Waals surface area contributed by atoms with Gasteiger partial charge in [0.2, 0.25) is 11.8 Å². The summed E-state index contributed by atoms with van der Waals surface area (Å²) < 4.78 is 11.3. The summed E-state index contributed by atoms with van der Waals surface area (Å²) in [6, 6.07) is 9.87. The van der Waals surface area contributed by atoms with E-state index in [0.717, 1.165) is 11.1 Å². The van der Waals surface area contributed by atoms with Gasteiger partial charge in [-0.3, -0.25) is 9.59 Å². The van der Waals surface area contributed by atoms with Gasteiger partial charge in [0.25, 0.3) is 0 Å². The van der Waals surface area contributed by atoms with Crippen LogP contribution in [0, 0.1) is 18.8 Å². The number of ether oxygens (including phenoxy) is 1. The number of likely N-dealkylation sites (tertiary alicyclic amines) is 1. The third-order valence-electron chi connectivity index (χ3n) is 6.18. The van der Waals surface area contributed by atoms with Crippen LogP contribution in [-0.2, 0) is 27.4 Å². The van der Waals surface area contributed by atoms with Crippen LogP contribution in [0.2, 0.25) is 0 Å². The molecule has 2 saturated heterocycles. The number of aromatic nitrogens is 1. The molecule has 0 N–H and O–H groups in total. The van der Waals surface area contributed by atoms with Gasteiger partial charge in [0, 0.05) is 19.7 Å². The van der Waals surface area contributed by atoms with Crippen LogP contribution in [0.15, 0.2) is 53.2 Å². The molecule has 2 fully saturated rings. The lowest BCUT2D eigenvalue weighted by atomic mass is 9.76. The molecule has 7 nitrogen and oxygen atoms in total. The van der Waals surface area contributed by atoms with Crippen LogP contribution in [0.3, 0.4) is 0 Å². The predicted molar refractivity (Wildman–Crippen MR) is 103 cm³/mol. The van der Waals surface area contributed by atoms with Gasteiger partial charge in [0.15, 0.2) is 5.76 Å². The minimum absolute atomic E-state index is 0.00947. The summed E-state index contributed by atoms with van der Waals surface area (Å²) in [6.07, 6.45) is 5.12. The van der Waals surface area contributed by atoms with E-state index in [4.69, 9.17) is 9.26 Å². The van der Waals surface area contributed by atoms with Gasteiger partial charge in [-0.25, -0.2) is 0 Å². The first kappa shape index (κ1) is 18.1. The topological polar surface area (TPSA) is 75.9 Å². The zero-order chi connectivity index (χ0) is 20.2. The molecule has 4 atom stereocenters. The zero-order valence-corrected chi connectivity index (χ0v) is 16.4. The van der Waals surface area contributed by atoms with E-state index < -0.39 is 17.4 Å². The number of fused-ring (bicyclic) bond motifs is 1. The average Bonchev–Trinajstić information content (AvgIpc) is 3.45. The van der Waals surface area contributed by atoms with E-state index >= 15 is 0 Å². The summed E-state index contributed by atoms with van der Waals surface area (Å²) in [6.45, 7) is 3.35. The minimum Gasteiger partial charge on any atom is -0.360 e. The second kappa shape index (κ2) is 6.56. The maximum Gasteiger partial charge on any atom is 0.230 e. The Morgan fingerprint density at radius 2 is 2.24 bits per heavy atom. The largest absolute Gasteiger partial charge is 0.360 e. The van der Waals surface area contributed by atoms with Crippen molar-refractivity contribution in [2.75, 3.05) is 13.6 Å². The van der Waals surface area contributed by atoms with Crippen LogP contribution in [0.5, 0.6) is 0 Å². The Hall–Kier alpha value is -2.93. The monoisotopic (exact) mass is 393 g/mol. The van der Waals surface area contributed by atoms with Crippen LogP contribution in [0.1, 0.15) is 16.9 Å². The highest BCUT2D eigenvalue weighted by molar-refractivity contribution is 5.93. The Morgan fingerprint density at radius 1 is 1.38 bits per heavy atom. The number of carbonyl (C=O) groups excluding carboxylic acids is 2. The molecule has 7 heteroatoms. The molecule has 1 aromatic carbocycles. The van der Waals surface area contributed by atoms with Gasteiger partial charge >= 0.3 is 0 Å². The number of nitrogens with zero attached hydrogens (tertiary/aromatic N) is 3. The van der Waals surface area contributed by atoms with Crippen molar-refractivity contribution in [2.24, 2.45) is 11.8 Å². The molecule has 0 saturated carbocycles. The van der Waals surface area contributed by atoms with Gasteiger partial charge in [-0.2, -0.15) is 0 Å². The Bertz CT molecular complexity index is 986. The Labute approximate surface area is 168 Å². The minimum atomic E-state index is -0.695. The van der Waals surface area contributed by atoms with Gasteiger partial charge < -0.3 is 19.1 Å². The summed E-state index contributed by atoms with van der Waals surface area (Å²) >= 11 is 0. The van der Waals surface area contributed by atoms with Gasteiger partial charge in [-0.15, -0.1) is 0 Å². The maximum absolute atomic E-state index is 13.3. The first-order valence-electron chi connectivity index (χ1n) is 9.83. The van der Waals surface area contributed by atoms with Crippen LogP contribution in [0.4, 0.5) is 0 Å². The Kier molecular flexibility index (Phi) is 4.10. The van der Waals surface area contributed by atoms with E-state index in [2.05, 4.69) is 11.2 Å². The predicted octanol–water partition coefficient (Wildman–Crippen LogP) is 1.92. The molecule has 1 aromatic heterocycles. The number of benzene rings is 1. The van der Waals surface area contributed by atoms with Crippen molar-refractivity contribution in [1.82, 2.24) is 15.0 Å². The van der Waals surface area contributed by atoms with Crippen molar-refractivity contribution < 1.29 is 18.8 Å². The second-order valence-electron chi connectivity index (χ2n) is 8.26. The number of amides is 2. The molecule has 150 valence electrons. The molecular weight excluding hydrogens is 370 g/mol. The van der Waals surface area contributed by atoms with E-state index in [-0.39, 0.29) is 17.9 Å². The smallest absolute Gasteiger partial charge is 0.230 e. The molecule has 3 aliphatic rings. The number of hydrogen-bond acceptors (Lipinski definition) is 5. The van der Waals surface area contributed by atoms with Gasteiger partial charge in [0.05, 0.1) is 37.2 Å². The first-order chi connectivity index (χ1) is 14.0. The second-order valence-corrected chi connectivity index (χ2v) is 8.26. The number of carbonyl (C=O) groups is 2. The fourth-order valence-corrected chi connectivity index (χ4v) is 4.91. The van der Waals surface area contributed by atoms with Crippen molar-refractivity contribution in [1.29, 1.82) is 0 Å². The van der Waals surface area contributed by atoms with Crippen LogP contribution >= 0.6 is 0 Å². The summed E-state index contributed by atoms with van der Waals surface area (Å²) in [5.41, 5.74) is 1.55. The quantitative estimate of drug-likeness (QED) is 0.726. The van der Waals surface area contributed by atoms with E-state index in [0.29, 0.717) is 25.4 Å². The Morgan fingerprint density at radius 3 is 3.00 bits per heavy atom. The molecule has 4 heterocycles. The number of hydrogen-bond donors (Lipinski definition) is 0. The summed E-state index contributed by atoms with van der Waals surface area (Å²) in [5.74, 6) is -0.498. The third-order valence-corrected chi connectivity index (χ3v) is 6.18. The van der Waals surface area contributed by atoms with E-state index in [9.17, 15) is 9.59 Å². The first-order valence-corrected chi connectivity index (χ1v) is 9.83. The molecule has 2 unspecified atom stereocenters. The Balaban J connectivity index is 1.37. The van der Waals surface area contributed by atoms with E-state index in [1.807, 2.05) is 42.2 Å². The molecule has 2 bridgehead atoms. The highest BCUT2D eigenvalue weighted by Crippen LogP contribution is 2.52. The average molecular weight is 393 g/mol. The lowest BCUT2D eigenvalue weighted by Crippen LogP contribution is -2.44. The summed E-state index contributed by atoms with van der Waals surface area (Å²) in [5, 5.41) is 3.68. The number of rotatable bonds is 5. The van der Waals surface area contributed by atoms with Crippen molar-refractivity contribution in [2.45, 2.75) is 31.7 Å². The normalized spacial score (nSPS) is 29.5. The van der Waals surface area contributed by atoms with Crippen LogP contribution in [0.25, 0.3) is 0 Å². The van der Waals surface area contributed by atoms with Crippen LogP contribution < -0.4 is 0 Å². The molecule has 0 radical (unpaired) electrons. The third kappa shape index (κ3) is 2.88. The van der Waals surface area contributed by atoms with Crippen molar-refractivity contribution in [3.8, 4) is 0 Å². The molecule has 0 aliphatic carbocycles. The highest BCUT2D eigenvalue weighted by atomic mass is 16.5. The fourth-order valence-electron chi connectivity index (χ4n) is 4.91. The highest BCUT2D eigenvalue weighted by Gasteiger charge is 2.67. The standard InChI is InChI=1S/C22H23N3O4/c1-14-4-3-5-15(10-14)11-25-13-22-8-6-17(28-22)18(19(22)21(25)27)20(26)24(2)12-16-7-9-23-29-16/h3-10,17-19H,11-13H2,1-2H3/t17-,18?,19?,22-/m1/s1. The summed E-state index contributed by atoms with van der Waals surface area (Å²) in [4.78, 5) is 30.0. The summed E-state index contributed by atoms with van der Waals surface area (Å²) in [7, 11) is 1.72. The molecule has 5 rings (SSSR count). The van der Waals surface area contributed by atoms with Crippen molar-refractivity contribution >= 4 is 11.8 Å². The van der Waals surface area contributed by atoms with Gasteiger partial charge in [-0.1, -0.05) is 47.1 Å². The molecule has 2 aromatic rings. The molecule has 1 spiro atoms. The lowest BCUT2D eigenvalue weighted by molar-refractivity contribution is -0.143. The molecule has 29 heavy (non-hydrogen) atoms. The lowest BCUT2D eigenvalue weighted by Gasteiger charge is -2.27. The molecule has 3 aliphatic heterocycles. The van der Waals surface area contributed by atoms with Gasteiger partial charge in [-0.05, 0) is 12.5 Å². The fraction of sp³-hybridized carbons (Fsp3) is 0.409. The number of aryl methyl sites for hydroxylation is 1. The maximum atomic E-state index is 13.3. The molecule has 2 amide bonds. The zero-order valence-electron chi connectivity index (χ0n) is 16.4. The SMILES string of the molecule is Cc1cccc(CN2C[C@@]34C=C[C@@H](O3)C(C(=O)N(C)Cc3ccno3)C4C2=O)c1. The molecular formula is C22H23N3O4. The van der Waals surface area contributed by atoms with E-state index in [1.165, 1.54) is 0 Å². The van der Waals surface area contributed by atoms with Crippen molar-refractivity contribution in [3.63, 3.8) is 0 Å². The van der Waals surface area contributed by atoms with E-state index in [1.54, 1.807) is 24.2 Å². The van der Waals surface area contributed by atoms with Crippen LogP contribution in [-0.4, -0.2) is 52.1 Å². The van der Waals surface area contributed by atoms with Gasteiger partial charge in [0.1, 0.15) is 5.60 Å².